The van der Waals surface area contributed by atoms with E-state index >= 15 is 0 Å². The van der Waals surface area contributed by atoms with Gasteiger partial charge in [-0.1, -0.05) is 98.3 Å². The zero-order chi connectivity index (χ0) is 33.0. The zero-order valence-corrected chi connectivity index (χ0v) is 29.1. The van der Waals surface area contributed by atoms with Crippen LogP contribution in [0.1, 0.15) is 92.0 Å². The van der Waals surface area contributed by atoms with Gasteiger partial charge in [0.05, 0.1) is 0 Å². The number of allylic oxidation sites excluding steroid dienone is 1. The van der Waals surface area contributed by atoms with E-state index in [9.17, 15) is 0 Å². The Labute approximate surface area is 294 Å². The van der Waals surface area contributed by atoms with Crippen LogP contribution in [0.15, 0.2) is 127 Å². The van der Waals surface area contributed by atoms with Crippen molar-refractivity contribution < 1.29 is 0 Å². The van der Waals surface area contributed by atoms with Gasteiger partial charge >= 0.3 is 0 Å². The molecule has 8 rings (SSSR count). The van der Waals surface area contributed by atoms with Gasteiger partial charge in [-0.25, -0.2) is 0 Å². The summed E-state index contributed by atoms with van der Waals surface area (Å²) in [4.78, 5) is 5.20. The summed E-state index contributed by atoms with van der Waals surface area (Å²) in [5, 5.41) is 0. The van der Waals surface area contributed by atoms with Crippen LogP contribution in [0.2, 0.25) is 0 Å². The van der Waals surface area contributed by atoms with Gasteiger partial charge in [-0.3, -0.25) is 0 Å². The van der Waals surface area contributed by atoms with Gasteiger partial charge in [0, 0.05) is 34.5 Å². The van der Waals surface area contributed by atoms with Gasteiger partial charge in [0.15, 0.2) is 0 Å². The zero-order valence-electron chi connectivity index (χ0n) is 29.1. The molecule has 2 heteroatoms. The van der Waals surface area contributed by atoms with Crippen molar-refractivity contribution in [2.24, 2.45) is 5.92 Å². The van der Waals surface area contributed by atoms with Crippen LogP contribution in [0.5, 0.6) is 0 Å². The van der Waals surface area contributed by atoms with Crippen molar-refractivity contribution in [3.05, 3.63) is 155 Å². The monoisotopic (exact) mass is 642 g/mol. The molecule has 0 saturated heterocycles. The number of nitrogens with zero attached hydrogens (tertiary/aromatic N) is 2. The predicted molar refractivity (Wildman–Crippen MR) is 209 cm³/mol. The maximum absolute atomic E-state index is 2.68. The highest BCUT2D eigenvalue weighted by Crippen LogP contribution is 2.45. The Morgan fingerprint density at radius 2 is 1.29 bits per heavy atom. The largest absolute Gasteiger partial charge is 0.338 e. The molecule has 0 amide bonds. The molecule has 2 nitrogen and oxygen atoms in total. The van der Waals surface area contributed by atoms with Gasteiger partial charge in [-0.05, 0) is 152 Å². The quantitative estimate of drug-likeness (QED) is 0.141. The number of anilines is 5. The van der Waals surface area contributed by atoms with E-state index in [1.807, 2.05) is 0 Å². The van der Waals surface area contributed by atoms with E-state index in [4.69, 9.17) is 0 Å². The van der Waals surface area contributed by atoms with E-state index in [1.54, 1.807) is 5.56 Å². The van der Waals surface area contributed by atoms with Gasteiger partial charge in [-0.2, -0.15) is 0 Å². The van der Waals surface area contributed by atoms with Crippen molar-refractivity contribution in [2.45, 2.75) is 89.5 Å². The minimum Gasteiger partial charge on any atom is -0.338 e. The second kappa shape index (κ2) is 14.5. The van der Waals surface area contributed by atoms with Crippen molar-refractivity contribution in [3.63, 3.8) is 0 Å². The van der Waals surface area contributed by atoms with E-state index in [-0.39, 0.29) is 0 Å². The number of rotatable bonds is 11. The minimum absolute atomic E-state index is 0.504. The maximum Gasteiger partial charge on any atom is 0.0496 e. The summed E-state index contributed by atoms with van der Waals surface area (Å²) in [6.07, 6.45) is 18.0. The van der Waals surface area contributed by atoms with Gasteiger partial charge in [-0.15, -0.1) is 0 Å². The molecule has 5 aromatic rings. The standard InChI is InChI=1S/C47H50N2/c1-2-13-38-15-11-23-47(45(38)34-35-24-25-35)49(41-19-7-4-8-20-41)43-32-28-37(29-33-43)36-26-30-42(31-27-36)48(40-17-5-3-6-18-40)46-22-12-16-39-14-9-10-21-44(39)46/h3-9,11-12,14-20,22-23,28-29,32-33,35-36,42H,2,10,13,21,24-27,30-31,34H2,1H3. The molecule has 0 aromatic heterocycles. The lowest BCUT2D eigenvalue weighted by Gasteiger charge is -2.40. The van der Waals surface area contributed by atoms with Gasteiger partial charge in [0.1, 0.15) is 0 Å². The average Bonchev–Trinajstić information content (AvgIpc) is 3.99. The van der Waals surface area contributed by atoms with Gasteiger partial charge < -0.3 is 9.80 Å². The Morgan fingerprint density at radius 3 is 2.00 bits per heavy atom. The van der Waals surface area contributed by atoms with Crippen molar-refractivity contribution in [2.75, 3.05) is 9.80 Å². The number of hydrogen-bond donors (Lipinski definition) is 0. The summed E-state index contributed by atoms with van der Waals surface area (Å²) in [6.45, 7) is 2.31. The van der Waals surface area contributed by atoms with E-state index in [0.717, 1.165) is 25.2 Å². The Morgan fingerprint density at radius 1 is 0.612 bits per heavy atom. The molecule has 2 fully saturated rings. The average molecular weight is 643 g/mol. The summed E-state index contributed by atoms with van der Waals surface area (Å²) in [7, 11) is 0. The van der Waals surface area contributed by atoms with Crippen molar-refractivity contribution in [1.29, 1.82) is 0 Å². The summed E-state index contributed by atoms with van der Waals surface area (Å²) in [6, 6.07) is 46.2. The van der Waals surface area contributed by atoms with Gasteiger partial charge in [0.2, 0.25) is 0 Å². The number of aryl methyl sites for hydroxylation is 1. The third-order valence-electron chi connectivity index (χ3n) is 11.2. The van der Waals surface area contributed by atoms with Crippen molar-refractivity contribution >= 4 is 34.5 Å². The fourth-order valence-electron chi connectivity index (χ4n) is 8.57. The Bertz CT molecular complexity index is 1860. The Hall–Kier alpha value is -4.56. The summed E-state index contributed by atoms with van der Waals surface area (Å²) in [5.74, 6) is 1.44. The molecule has 49 heavy (non-hydrogen) atoms. The molecule has 248 valence electrons. The molecule has 3 aliphatic carbocycles. The summed E-state index contributed by atoms with van der Waals surface area (Å²) in [5.41, 5.74) is 14.0. The van der Waals surface area contributed by atoms with E-state index < -0.39 is 0 Å². The number of benzene rings is 5. The first-order valence-electron chi connectivity index (χ1n) is 19.0. The Balaban J connectivity index is 1.05. The van der Waals surface area contributed by atoms with Crippen molar-refractivity contribution in [3.8, 4) is 0 Å². The first-order valence-corrected chi connectivity index (χ1v) is 19.0. The molecular formula is C47H50N2. The highest BCUT2D eigenvalue weighted by Gasteiger charge is 2.30. The normalized spacial score (nSPS) is 18.6. The molecule has 0 heterocycles. The predicted octanol–water partition coefficient (Wildman–Crippen LogP) is 12.9. The van der Waals surface area contributed by atoms with Gasteiger partial charge in [0.25, 0.3) is 0 Å². The van der Waals surface area contributed by atoms with Crippen LogP contribution in [0.4, 0.5) is 28.4 Å². The lowest BCUT2D eigenvalue weighted by atomic mass is 9.80. The molecule has 0 bridgehead atoms. The molecule has 0 spiro atoms. The SMILES string of the molecule is CCCc1cccc(N(c2ccccc2)c2ccc(C3CCC(N(c4ccccc4)c4cccc5c4CCC=C5)CC3)cc2)c1CC1CC1. The number of fused-ring (bicyclic) bond motifs is 1. The smallest absolute Gasteiger partial charge is 0.0496 e. The molecule has 0 atom stereocenters. The van der Waals surface area contributed by atoms with Crippen LogP contribution in [0, 0.1) is 5.92 Å². The molecular weight excluding hydrogens is 593 g/mol. The minimum atomic E-state index is 0.504. The second-order valence-electron chi connectivity index (χ2n) is 14.6. The highest BCUT2D eigenvalue weighted by atomic mass is 15.2. The van der Waals surface area contributed by atoms with Crippen LogP contribution in [0.3, 0.4) is 0 Å². The second-order valence-corrected chi connectivity index (χ2v) is 14.6. The van der Waals surface area contributed by atoms with Crippen LogP contribution in [-0.4, -0.2) is 6.04 Å². The molecule has 0 aliphatic heterocycles. The van der Waals surface area contributed by atoms with E-state index in [1.165, 1.54) is 102 Å². The molecule has 0 radical (unpaired) electrons. The van der Waals surface area contributed by atoms with Crippen LogP contribution < -0.4 is 9.80 Å². The number of para-hydroxylation sites is 2. The summed E-state index contributed by atoms with van der Waals surface area (Å²) < 4.78 is 0. The lowest BCUT2D eigenvalue weighted by Crippen LogP contribution is -2.35. The molecule has 2 saturated carbocycles. The third kappa shape index (κ3) is 6.84. The molecule has 3 aliphatic rings. The topological polar surface area (TPSA) is 6.48 Å². The summed E-state index contributed by atoms with van der Waals surface area (Å²) >= 11 is 0. The van der Waals surface area contributed by atoms with Crippen LogP contribution in [0.25, 0.3) is 6.08 Å². The lowest BCUT2D eigenvalue weighted by molar-refractivity contribution is 0.391. The van der Waals surface area contributed by atoms with E-state index in [2.05, 4.69) is 150 Å². The first-order chi connectivity index (χ1) is 24.3. The van der Waals surface area contributed by atoms with Crippen LogP contribution in [-0.2, 0) is 19.3 Å². The third-order valence-corrected chi connectivity index (χ3v) is 11.2. The fourth-order valence-corrected chi connectivity index (χ4v) is 8.57. The first kappa shape index (κ1) is 31.7. The number of hydrogen-bond acceptors (Lipinski definition) is 2. The molecule has 0 unspecified atom stereocenters. The van der Waals surface area contributed by atoms with E-state index in [0.29, 0.717) is 12.0 Å². The maximum atomic E-state index is 2.68. The Kier molecular flexibility index (Phi) is 9.38. The van der Waals surface area contributed by atoms with Crippen molar-refractivity contribution in [1.82, 2.24) is 0 Å². The molecule has 5 aromatic carbocycles. The fraction of sp³-hybridized carbons (Fsp3) is 0.319. The van der Waals surface area contributed by atoms with Crippen LogP contribution >= 0.6 is 0 Å². The molecule has 0 N–H and O–H groups in total. The highest BCUT2D eigenvalue weighted by molar-refractivity contribution is 5.79.